The fourth-order valence-electron chi connectivity index (χ4n) is 3.03. The molecule has 1 aromatic heterocycles. The monoisotopic (exact) mass is 454 g/mol. The zero-order valence-electron chi connectivity index (χ0n) is 16.6. The van der Waals surface area contributed by atoms with Crippen LogP contribution in [0.2, 0.25) is 0 Å². The summed E-state index contributed by atoms with van der Waals surface area (Å²) < 4.78 is 49.3. The Kier molecular flexibility index (Phi) is 5.65. The highest BCUT2D eigenvalue weighted by Gasteiger charge is 2.33. The van der Waals surface area contributed by atoms with Gasteiger partial charge in [-0.3, -0.25) is 15.1 Å². The third kappa shape index (κ3) is 4.74. The lowest BCUT2D eigenvalue weighted by Gasteiger charge is -2.10. The molecule has 0 bridgehead atoms. The van der Waals surface area contributed by atoms with Crippen LogP contribution in [0.4, 0.5) is 18.9 Å². The third-order valence-corrected chi connectivity index (χ3v) is 4.60. The molecule has 0 fully saturated rings. The van der Waals surface area contributed by atoms with Gasteiger partial charge in [0.2, 0.25) is 5.75 Å². The van der Waals surface area contributed by atoms with E-state index in [4.69, 9.17) is 9.47 Å². The lowest BCUT2D eigenvalue weighted by molar-refractivity contribution is -0.385. The summed E-state index contributed by atoms with van der Waals surface area (Å²) in [6, 6.07) is 16.1. The summed E-state index contributed by atoms with van der Waals surface area (Å²) >= 11 is 0. The molecule has 0 atom stereocenters. The summed E-state index contributed by atoms with van der Waals surface area (Å²) in [5.41, 5.74) is -1.32. The van der Waals surface area contributed by atoms with E-state index in [1.807, 2.05) is 12.1 Å². The average Bonchev–Trinajstić information content (AvgIpc) is 2.79. The zero-order valence-corrected chi connectivity index (χ0v) is 16.6. The van der Waals surface area contributed by atoms with E-state index in [9.17, 15) is 28.1 Å². The highest BCUT2D eigenvalue weighted by atomic mass is 19.4. The Morgan fingerprint density at radius 1 is 0.939 bits per heavy atom. The summed E-state index contributed by atoms with van der Waals surface area (Å²) in [5.74, 6) is -0.676. The number of ether oxygens (including phenoxy) is 2. The van der Waals surface area contributed by atoms with Crippen LogP contribution in [0, 0.1) is 10.1 Å². The lowest BCUT2D eigenvalue weighted by atomic mass is 10.1. The van der Waals surface area contributed by atoms with Gasteiger partial charge < -0.3 is 9.47 Å². The first-order chi connectivity index (χ1) is 15.7. The number of nitrogens with zero attached hydrogens (tertiary/aromatic N) is 2. The Balaban J connectivity index is 1.53. The van der Waals surface area contributed by atoms with Crippen LogP contribution >= 0.6 is 0 Å². The van der Waals surface area contributed by atoms with Gasteiger partial charge in [0.1, 0.15) is 11.3 Å². The molecule has 4 rings (SSSR count). The molecule has 0 radical (unpaired) electrons. The topological polar surface area (TPSA) is 91.6 Å². The van der Waals surface area contributed by atoms with Crippen LogP contribution < -0.4 is 9.47 Å². The van der Waals surface area contributed by atoms with E-state index >= 15 is 0 Å². The van der Waals surface area contributed by atoms with Crippen molar-refractivity contribution in [2.24, 2.45) is 0 Å². The number of hydrogen-bond donors (Lipinski definition) is 0. The molecule has 10 heteroatoms. The molecule has 0 aliphatic rings. The molecule has 0 saturated heterocycles. The van der Waals surface area contributed by atoms with E-state index < -0.39 is 28.3 Å². The van der Waals surface area contributed by atoms with Gasteiger partial charge in [-0.25, -0.2) is 4.79 Å². The predicted octanol–water partition coefficient (Wildman–Crippen LogP) is 6.17. The maximum absolute atomic E-state index is 12.8. The van der Waals surface area contributed by atoms with Crippen molar-refractivity contribution in [3.8, 4) is 17.2 Å². The van der Waals surface area contributed by atoms with Crippen LogP contribution in [0.1, 0.15) is 15.9 Å². The molecule has 0 aliphatic carbocycles. The van der Waals surface area contributed by atoms with E-state index in [-0.39, 0.29) is 22.8 Å². The van der Waals surface area contributed by atoms with Gasteiger partial charge in [-0.2, -0.15) is 13.2 Å². The molecular formula is C23H13F3N2O5. The number of fused-ring (bicyclic) bond motifs is 1. The molecule has 7 nitrogen and oxygen atoms in total. The first-order valence-electron chi connectivity index (χ1n) is 9.42. The number of esters is 1. The number of alkyl halides is 3. The van der Waals surface area contributed by atoms with E-state index in [1.165, 1.54) is 24.3 Å². The van der Waals surface area contributed by atoms with Gasteiger partial charge in [0.05, 0.1) is 16.1 Å². The number of nitro groups is 1. The normalized spacial score (nSPS) is 11.2. The quantitative estimate of drug-likeness (QED) is 0.155. The number of aromatic nitrogens is 1. The Morgan fingerprint density at radius 2 is 1.67 bits per heavy atom. The minimum atomic E-state index is -4.73. The van der Waals surface area contributed by atoms with E-state index in [0.29, 0.717) is 17.6 Å². The Bertz CT molecular complexity index is 1350. The highest BCUT2D eigenvalue weighted by Crippen LogP contribution is 2.37. The average molecular weight is 454 g/mol. The Hall–Kier alpha value is -4.47. The molecule has 0 N–H and O–H groups in total. The van der Waals surface area contributed by atoms with Crippen LogP contribution in [0.15, 0.2) is 79.0 Å². The fourth-order valence-corrected chi connectivity index (χ4v) is 3.03. The smallest absolute Gasteiger partial charge is 0.416 e. The van der Waals surface area contributed by atoms with E-state index in [1.54, 1.807) is 24.4 Å². The molecule has 0 spiro atoms. The second kappa shape index (κ2) is 8.58. The molecule has 3 aromatic carbocycles. The number of carbonyl (C=O) groups is 1. The van der Waals surface area contributed by atoms with Crippen LogP contribution in [-0.2, 0) is 6.18 Å². The molecule has 0 saturated carbocycles. The number of benzene rings is 3. The third-order valence-electron chi connectivity index (χ3n) is 4.60. The van der Waals surface area contributed by atoms with Gasteiger partial charge in [-0.15, -0.1) is 0 Å². The molecule has 0 amide bonds. The fraction of sp³-hybridized carbons (Fsp3) is 0.0435. The van der Waals surface area contributed by atoms with Gasteiger partial charge in [-0.1, -0.05) is 18.2 Å². The molecular weight excluding hydrogens is 441 g/mol. The molecule has 166 valence electrons. The zero-order chi connectivity index (χ0) is 23.6. The number of nitro benzene ring substituents is 1. The van der Waals surface area contributed by atoms with Crippen molar-refractivity contribution in [1.82, 2.24) is 4.98 Å². The first kappa shape index (κ1) is 21.8. The maximum atomic E-state index is 12.8. The summed E-state index contributed by atoms with van der Waals surface area (Å²) in [5, 5.41) is 12.0. The molecule has 0 aliphatic heterocycles. The first-order valence-corrected chi connectivity index (χ1v) is 9.42. The van der Waals surface area contributed by atoms with Gasteiger partial charge in [0, 0.05) is 17.6 Å². The van der Waals surface area contributed by atoms with Gasteiger partial charge in [0.15, 0.2) is 5.75 Å². The van der Waals surface area contributed by atoms with Crippen LogP contribution in [0.25, 0.3) is 10.9 Å². The van der Waals surface area contributed by atoms with Crippen molar-refractivity contribution in [3.05, 3.63) is 100 Å². The van der Waals surface area contributed by atoms with Crippen molar-refractivity contribution >= 4 is 22.6 Å². The number of hydrogen-bond acceptors (Lipinski definition) is 6. The van der Waals surface area contributed by atoms with Crippen molar-refractivity contribution in [3.63, 3.8) is 0 Å². The maximum Gasteiger partial charge on any atom is 0.416 e. The number of rotatable bonds is 5. The summed E-state index contributed by atoms with van der Waals surface area (Å²) in [6.45, 7) is 0. The molecule has 0 unspecified atom stereocenters. The number of carbonyl (C=O) groups excluding carboxylic acids is 1. The van der Waals surface area contributed by atoms with E-state index in [2.05, 4.69) is 4.98 Å². The Labute approximate surface area is 184 Å². The predicted molar refractivity (Wildman–Crippen MR) is 111 cm³/mol. The second-order valence-corrected chi connectivity index (χ2v) is 6.78. The van der Waals surface area contributed by atoms with Crippen LogP contribution in [-0.4, -0.2) is 15.9 Å². The van der Waals surface area contributed by atoms with E-state index in [0.717, 1.165) is 11.5 Å². The lowest BCUT2D eigenvalue weighted by Crippen LogP contribution is -2.09. The Morgan fingerprint density at radius 3 is 2.36 bits per heavy atom. The molecule has 1 heterocycles. The summed E-state index contributed by atoms with van der Waals surface area (Å²) in [4.78, 5) is 27.0. The van der Waals surface area contributed by atoms with Gasteiger partial charge in [0.25, 0.3) is 0 Å². The van der Waals surface area contributed by atoms with Crippen LogP contribution in [0.3, 0.4) is 0 Å². The molecule has 33 heavy (non-hydrogen) atoms. The SMILES string of the molecule is O=C(Oc1cccc2cccnc12)c1ccc(Oc2ccc(C(F)(F)F)cc2[N+](=O)[O-])cc1. The number of pyridine rings is 1. The number of para-hydroxylation sites is 1. The minimum absolute atomic E-state index is 0.0845. The standard InChI is InChI=1S/C23H13F3N2O5/c24-23(25,26)16-8-11-19(18(13-16)28(30)31)32-17-9-6-15(7-10-17)22(29)33-20-5-1-3-14-4-2-12-27-21(14)20/h1-13H. The largest absolute Gasteiger partial charge is 0.450 e. The minimum Gasteiger partial charge on any atom is -0.450 e. The van der Waals surface area contributed by atoms with Crippen molar-refractivity contribution < 1.29 is 32.4 Å². The van der Waals surface area contributed by atoms with Crippen molar-refractivity contribution in [2.45, 2.75) is 6.18 Å². The second-order valence-electron chi connectivity index (χ2n) is 6.78. The van der Waals surface area contributed by atoms with Gasteiger partial charge in [-0.05, 0) is 48.5 Å². The van der Waals surface area contributed by atoms with Crippen LogP contribution in [0.5, 0.6) is 17.2 Å². The highest BCUT2D eigenvalue weighted by molar-refractivity contribution is 5.94. The number of halogens is 3. The van der Waals surface area contributed by atoms with Gasteiger partial charge >= 0.3 is 17.8 Å². The summed E-state index contributed by atoms with van der Waals surface area (Å²) in [6.07, 6.45) is -3.16. The molecule has 4 aromatic rings. The summed E-state index contributed by atoms with van der Waals surface area (Å²) in [7, 11) is 0. The van der Waals surface area contributed by atoms with Crippen molar-refractivity contribution in [2.75, 3.05) is 0 Å². The van der Waals surface area contributed by atoms with Crippen molar-refractivity contribution in [1.29, 1.82) is 0 Å².